The Morgan fingerprint density at radius 3 is 3.04 bits per heavy atom. The van der Waals surface area contributed by atoms with E-state index in [4.69, 9.17) is 11.6 Å². The molecule has 0 unspecified atom stereocenters. The van der Waals surface area contributed by atoms with Gasteiger partial charge in [0, 0.05) is 17.3 Å². The highest BCUT2D eigenvalue weighted by Crippen LogP contribution is 2.26. The molecule has 3 heterocycles. The summed E-state index contributed by atoms with van der Waals surface area (Å²) in [7, 11) is 0. The van der Waals surface area contributed by atoms with Gasteiger partial charge in [-0.05, 0) is 42.5 Å². The van der Waals surface area contributed by atoms with Crippen LogP contribution in [0.4, 0.5) is 5.69 Å². The second-order valence-corrected chi connectivity index (χ2v) is 8.76. The molecule has 0 N–H and O–H groups in total. The number of amidine groups is 1. The van der Waals surface area contributed by atoms with Gasteiger partial charge in [0.25, 0.3) is 5.56 Å². The summed E-state index contributed by atoms with van der Waals surface area (Å²) in [5.41, 5.74) is 1.48. The Labute approximate surface area is 174 Å². The highest BCUT2D eigenvalue weighted by atomic mass is 35.5. The summed E-state index contributed by atoms with van der Waals surface area (Å²) in [6.07, 6.45) is 2.31. The molecular formula is C19H17ClN4O2S2. The summed E-state index contributed by atoms with van der Waals surface area (Å²) in [6, 6.07) is 7.31. The zero-order valence-corrected chi connectivity index (χ0v) is 17.5. The number of thioether (sulfide) groups is 1. The maximum atomic E-state index is 12.9. The normalized spacial score (nSPS) is 16.1. The third-order valence-electron chi connectivity index (χ3n) is 4.43. The molecule has 28 heavy (non-hydrogen) atoms. The van der Waals surface area contributed by atoms with Gasteiger partial charge >= 0.3 is 0 Å². The number of thiophene rings is 1. The standard InChI is InChI=1S/C19H17ClN4O2S2/c1-12-3-4-13(9-15(12)20)22-19-24(6-2-7-28-19)16(25)10-23-11-21-17-14(18(23)26)5-8-27-17/h3-5,8-9,11H,2,6-7,10H2,1H3. The molecule has 9 heteroatoms. The number of carbonyl (C=O) groups excluding carboxylic acids is 1. The van der Waals surface area contributed by atoms with Crippen molar-refractivity contribution in [1.29, 1.82) is 0 Å². The molecule has 0 radical (unpaired) electrons. The molecule has 1 aliphatic heterocycles. The summed E-state index contributed by atoms with van der Waals surface area (Å²) in [5.74, 6) is 0.715. The van der Waals surface area contributed by atoms with Crippen molar-refractivity contribution in [2.45, 2.75) is 19.9 Å². The number of carbonyl (C=O) groups is 1. The first-order valence-electron chi connectivity index (χ1n) is 8.73. The third kappa shape index (κ3) is 3.85. The summed E-state index contributed by atoms with van der Waals surface area (Å²) >= 11 is 9.13. The predicted octanol–water partition coefficient (Wildman–Crippen LogP) is 4.07. The van der Waals surface area contributed by atoms with E-state index in [1.54, 1.807) is 17.0 Å². The topological polar surface area (TPSA) is 67.6 Å². The second-order valence-electron chi connectivity index (χ2n) is 6.39. The maximum Gasteiger partial charge on any atom is 0.262 e. The number of halogens is 1. The number of aryl methyl sites for hydroxylation is 1. The summed E-state index contributed by atoms with van der Waals surface area (Å²) < 4.78 is 1.36. The Balaban J connectivity index is 1.60. The van der Waals surface area contributed by atoms with E-state index in [0.717, 1.165) is 17.7 Å². The number of aromatic nitrogens is 2. The van der Waals surface area contributed by atoms with E-state index in [1.165, 1.54) is 34.0 Å². The van der Waals surface area contributed by atoms with Gasteiger partial charge in [0.15, 0.2) is 5.17 Å². The summed E-state index contributed by atoms with van der Waals surface area (Å²) in [4.78, 5) is 36.7. The molecule has 144 valence electrons. The molecule has 4 rings (SSSR count). The van der Waals surface area contributed by atoms with E-state index in [-0.39, 0.29) is 18.0 Å². The number of amides is 1. The fraction of sp³-hybridized carbons (Fsp3) is 0.263. The predicted molar refractivity (Wildman–Crippen MR) is 116 cm³/mol. The van der Waals surface area contributed by atoms with Gasteiger partial charge in [-0.2, -0.15) is 0 Å². The average molecular weight is 433 g/mol. The van der Waals surface area contributed by atoms with Gasteiger partial charge < -0.3 is 0 Å². The van der Waals surface area contributed by atoms with Crippen molar-refractivity contribution in [3.63, 3.8) is 0 Å². The SMILES string of the molecule is Cc1ccc(N=C2SCCCN2C(=O)Cn2cnc3sccc3c2=O)cc1Cl. The number of rotatable bonds is 3. The van der Waals surface area contributed by atoms with Crippen LogP contribution in [0.3, 0.4) is 0 Å². The summed E-state index contributed by atoms with van der Waals surface area (Å²) in [6.45, 7) is 2.44. The first-order chi connectivity index (χ1) is 13.5. The molecule has 0 saturated carbocycles. The quantitative estimate of drug-likeness (QED) is 0.625. The Kier molecular flexibility index (Phi) is 5.52. The van der Waals surface area contributed by atoms with E-state index in [0.29, 0.717) is 32.6 Å². The molecule has 6 nitrogen and oxygen atoms in total. The molecule has 0 bridgehead atoms. The molecule has 1 saturated heterocycles. The van der Waals surface area contributed by atoms with Crippen LogP contribution in [0.2, 0.25) is 5.02 Å². The van der Waals surface area contributed by atoms with Crippen LogP contribution in [0.15, 0.2) is 45.8 Å². The molecular weight excluding hydrogens is 416 g/mol. The fourth-order valence-electron chi connectivity index (χ4n) is 2.88. The molecule has 1 amide bonds. The van der Waals surface area contributed by atoms with Gasteiger partial charge in [-0.25, -0.2) is 9.98 Å². The van der Waals surface area contributed by atoms with Gasteiger partial charge in [0.1, 0.15) is 11.4 Å². The van der Waals surface area contributed by atoms with Crippen LogP contribution >= 0.6 is 34.7 Å². The van der Waals surface area contributed by atoms with Gasteiger partial charge in [0.2, 0.25) is 5.91 Å². The lowest BCUT2D eigenvalue weighted by molar-refractivity contribution is -0.128. The average Bonchev–Trinajstić information content (AvgIpc) is 3.17. The van der Waals surface area contributed by atoms with E-state index >= 15 is 0 Å². The van der Waals surface area contributed by atoms with Crippen molar-refractivity contribution < 1.29 is 4.79 Å². The van der Waals surface area contributed by atoms with Crippen molar-refractivity contribution >= 4 is 61.7 Å². The van der Waals surface area contributed by atoms with Crippen molar-refractivity contribution in [2.75, 3.05) is 12.3 Å². The van der Waals surface area contributed by atoms with Crippen LogP contribution < -0.4 is 5.56 Å². The minimum absolute atomic E-state index is 0.0636. The minimum Gasteiger partial charge on any atom is -0.290 e. The van der Waals surface area contributed by atoms with Gasteiger partial charge in [-0.15, -0.1) is 11.3 Å². The Morgan fingerprint density at radius 2 is 2.21 bits per heavy atom. The number of fused-ring (bicyclic) bond motifs is 1. The Morgan fingerprint density at radius 1 is 1.36 bits per heavy atom. The number of hydrogen-bond acceptors (Lipinski definition) is 6. The molecule has 1 aliphatic rings. The van der Waals surface area contributed by atoms with Crippen LogP contribution in [-0.2, 0) is 11.3 Å². The first-order valence-corrected chi connectivity index (χ1v) is 11.0. The fourth-order valence-corrected chi connectivity index (χ4v) is 4.76. The molecule has 3 aromatic rings. The van der Waals surface area contributed by atoms with E-state index in [1.807, 2.05) is 24.4 Å². The van der Waals surface area contributed by atoms with Crippen LogP contribution in [0.1, 0.15) is 12.0 Å². The second kappa shape index (κ2) is 8.06. The minimum atomic E-state index is -0.201. The van der Waals surface area contributed by atoms with E-state index in [2.05, 4.69) is 9.98 Å². The highest BCUT2D eigenvalue weighted by molar-refractivity contribution is 8.13. The lowest BCUT2D eigenvalue weighted by atomic mass is 10.2. The number of benzene rings is 1. The number of aliphatic imine (C=N–C) groups is 1. The molecule has 1 aromatic carbocycles. The van der Waals surface area contributed by atoms with Crippen LogP contribution in [0, 0.1) is 6.92 Å². The van der Waals surface area contributed by atoms with Crippen LogP contribution in [-0.4, -0.2) is 37.8 Å². The van der Waals surface area contributed by atoms with Gasteiger partial charge in [-0.1, -0.05) is 29.4 Å². The van der Waals surface area contributed by atoms with Gasteiger partial charge in [-0.3, -0.25) is 19.1 Å². The van der Waals surface area contributed by atoms with Crippen molar-refractivity contribution in [3.8, 4) is 0 Å². The molecule has 0 spiro atoms. The van der Waals surface area contributed by atoms with Crippen LogP contribution in [0.25, 0.3) is 10.2 Å². The van der Waals surface area contributed by atoms with Gasteiger partial charge in [0.05, 0.1) is 17.4 Å². The highest BCUT2D eigenvalue weighted by Gasteiger charge is 2.24. The molecule has 1 fully saturated rings. The number of hydrogen-bond donors (Lipinski definition) is 0. The van der Waals surface area contributed by atoms with Crippen molar-refractivity contribution in [3.05, 3.63) is 56.9 Å². The van der Waals surface area contributed by atoms with E-state index < -0.39 is 0 Å². The Bertz CT molecular complexity index is 1140. The molecule has 2 aromatic heterocycles. The lowest BCUT2D eigenvalue weighted by Gasteiger charge is -2.28. The molecule has 0 aliphatic carbocycles. The smallest absolute Gasteiger partial charge is 0.262 e. The first kappa shape index (κ1) is 19.2. The maximum absolute atomic E-state index is 12.9. The zero-order chi connectivity index (χ0) is 19.7. The Hall–Kier alpha value is -2.16. The molecule has 0 atom stereocenters. The lowest BCUT2D eigenvalue weighted by Crippen LogP contribution is -2.42. The summed E-state index contributed by atoms with van der Waals surface area (Å²) in [5, 5.41) is 3.64. The third-order valence-corrected chi connectivity index (χ3v) is 6.72. The number of nitrogens with zero attached hydrogens (tertiary/aromatic N) is 4. The van der Waals surface area contributed by atoms with E-state index in [9.17, 15) is 9.59 Å². The van der Waals surface area contributed by atoms with Crippen LogP contribution in [0.5, 0.6) is 0 Å². The monoisotopic (exact) mass is 432 g/mol. The van der Waals surface area contributed by atoms with Crippen molar-refractivity contribution in [1.82, 2.24) is 14.5 Å². The largest absolute Gasteiger partial charge is 0.290 e. The zero-order valence-electron chi connectivity index (χ0n) is 15.1. The van der Waals surface area contributed by atoms with Crippen molar-refractivity contribution in [2.24, 2.45) is 4.99 Å².